The smallest absolute Gasteiger partial charge is 0.416 e. The lowest BCUT2D eigenvalue weighted by atomic mass is 9.98. The largest absolute Gasteiger partial charge is 0.484 e. The molecule has 0 aliphatic carbocycles. The number of piperidine rings is 1. The first-order chi connectivity index (χ1) is 14.2. The van der Waals surface area contributed by atoms with Crippen LogP contribution in [0.15, 0.2) is 48.5 Å². The van der Waals surface area contributed by atoms with Crippen molar-refractivity contribution in [2.45, 2.75) is 38.9 Å². The molecule has 1 unspecified atom stereocenters. The molecule has 1 aliphatic rings. The fraction of sp³-hybridized carbons (Fsp3) is 0.435. The van der Waals surface area contributed by atoms with E-state index in [2.05, 4.69) is 29.3 Å². The lowest BCUT2D eigenvalue weighted by molar-refractivity contribution is -0.137. The quantitative estimate of drug-likeness (QED) is 0.699. The van der Waals surface area contributed by atoms with Crippen LogP contribution in [0.3, 0.4) is 0 Å². The van der Waals surface area contributed by atoms with Crippen molar-refractivity contribution in [2.75, 3.05) is 24.6 Å². The summed E-state index contributed by atoms with van der Waals surface area (Å²) >= 11 is 0. The monoisotopic (exact) mass is 420 g/mol. The van der Waals surface area contributed by atoms with E-state index in [1.165, 1.54) is 30.7 Å². The number of nitrogens with zero attached hydrogens (tertiary/aromatic N) is 1. The molecule has 1 N–H and O–H groups in total. The van der Waals surface area contributed by atoms with E-state index >= 15 is 0 Å². The minimum Gasteiger partial charge on any atom is -0.484 e. The van der Waals surface area contributed by atoms with Gasteiger partial charge in [-0.3, -0.25) is 4.79 Å². The second kappa shape index (κ2) is 9.41. The van der Waals surface area contributed by atoms with Gasteiger partial charge in [0.15, 0.2) is 6.61 Å². The maximum absolute atomic E-state index is 12.8. The Labute approximate surface area is 175 Å². The number of amides is 1. The topological polar surface area (TPSA) is 41.6 Å². The van der Waals surface area contributed by atoms with Crippen LogP contribution < -0.4 is 15.0 Å². The van der Waals surface area contributed by atoms with Gasteiger partial charge in [0.25, 0.3) is 5.91 Å². The summed E-state index contributed by atoms with van der Waals surface area (Å²) in [6.07, 6.45) is -2.06. The van der Waals surface area contributed by atoms with Gasteiger partial charge in [0.1, 0.15) is 5.75 Å². The van der Waals surface area contributed by atoms with E-state index in [-0.39, 0.29) is 18.4 Å². The van der Waals surface area contributed by atoms with Gasteiger partial charge >= 0.3 is 6.18 Å². The Kier molecular flexibility index (Phi) is 6.90. The van der Waals surface area contributed by atoms with Crippen molar-refractivity contribution in [1.29, 1.82) is 0 Å². The average molecular weight is 420 g/mol. The molecule has 0 spiro atoms. The van der Waals surface area contributed by atoms with E-state index in [4.69, 9.17) is 4.74 Å². The fourth-order valence-corrected chi connectivity index (χ4v) is 3.52. The van der Waals surface area contributed by atoms with Gasteiger partial charge in [0, 0.05) is 18.8 Å². The second-order valence-electron chi connectivity index (χ2n) is 7.86. The Hall–Kier alpha value is -2.70. The molecule has 2 aromatic carbocycles. The number of benzene rings is 2. The third-order valence-corrected chi connectivity index (χ3v) is 5.45. The minimum atomic E-state index is -4.45. The van der Waals surface area contributed by atoms with Crippen molar-refractivity contribution >= 4 is 11.6 Å². The number of carbonyl (C=O) groups is 1. The molecular weight excluding hydrogens is 393 g/mol. The normalized spacial score (nSPS) is 16.2. The fourth-order valence-electron chi connectivity index (χ4n) is 3.52. The number of anilines is 1. The summed E-state index contributed by atoms with van der Waals surface area (Å²) in [5.74, 6) is 0.385. The van der Waals surface area contributed by atoms with Gasteiger partial charge in [-0.25, -0.2) is 0 Å². The first-order valence-corrected chi connectivity index (χ1v) is 10.2. The van der Waals surface area contributed by atoms with Gasteiger partial charge < -0.3 is 15.0 Å². The van der Waals surface area contributed by atoms with Crippen LogP contribution in [0.5, 0.6) is 5.75 Å². The lowest BCUT2D eigenvalue weighted by Crippen LogP contribution is -2.33. The number of nitrogens with one attached hydrogen (secondary N) is 1. The molecule has 1 heterocycles. The van der Waals surface area contributed by atoms with Crippen LogP contribution in [0, 0.1) is 5.92 Å². The Morgan fingerprint density at radius 1 is 1.17 bits per heavy atom. The van der Waals surface area contributed by atoms with Crippen LogP contribution >= 0.6 is 0 Å². The number of carbonyl (C=O) groups excluding carboxylic acids is 1. The van der Waals surface area contributed by atoms with E-state index in [0.29, 0.717) is 0 Å². The highest BCUT2D eigenvalue weighted by atomic mass is 19.4. The summed E-state index contributed by atoms with van der Waals surface area (Å²) in [6.45, 7) is 5.90. The van der Waals surface area contributed by atoms with E-state index in [1.54, 1.807) is 0 Å². The van der Waals surface area contributed by atoms with Crippen molar-refractivity contribution in [3.05, 3.63) is 59.7 Å². The molecular formula is C23H27F3N2O2. The average Bonchev–Trinajstić information content (AvgIpc) is 2.72. The van der Waals surface area contributed by atoms with Crippen LogP contribution in [0.25, 0.3) is 0 Å². The Morgan fingerprint density at radius 2 is 1.83 bits per heavy atom. The first-order valence-electron chi connectivity index (χ1n) is 10.2. The van der Waals surface area contributed by atoms with Crippen molar-refractivity contribution < 1.29 is 22.7 Å². The maximum atomic E-state index is 12.8. The number of rotatable bonds is 6. The van der Waals surface area contributed by atoms with Gasteiger partial charge in [-0.15, -0.1) is 0 Å². The number of ether oxygens (including phenoxy) is 1. The first kappa shape index (κ1) is 22.0. The number of halogens is 3. The molecule has 4 nitrogen and oxygen atoms in total. The highest BCUT2D eigenvalue weighted by Crippen LogP contribution is 2.31. The van der Waals surface area contributed by atoms with E-state index in [1.807, 2.05) is 19.1 Å². The summed E-state index contributed by atoms with van der Waals surface area (Å²) in [4.78, 5) is 14.5. The van der Waals surface area contributed by atoms with Crippen molar-refractivity contribution in [1.82, 2.24) is 5.32 Å². The maximum Gasteiger partial charge on any atom is 0.416 e. The second-order valence-corrected chi connectivity index (χ2v) is 7.86. The van der Waals surface area contributed by atoms with Crippen LogP contribution in [0.2, 0.25) is 0 Å². The third-order valence-electron chi connectivity index (χ3n) is 5.45. The minimum absolute atomic E-state index is 0.00725. The highest BCUT2D eigenvalue weighted by Gasteiger charge is 2.30. The zero-order valence-electron chi connectivity index (χ0n) is 17.2. The summed E-state index contributed by atoms with van der Waals surface area (Å²) in [5, 5.41) is 2.82. The van der Waals surface area contributed by atoms with Gasteiger partial charge in [-0.2, -0.15) is 13.2 Å². The summed E-state index contributed by atoms with van der Waals surface area (Å²) in [6, 6.07) is 12.4. The molecule has 1 fully saturated rings. The van der Waals surface area contributed by atoms with Crippen LogP contribution in [0.1, 0.15) is 43.9 Å². The SMILES string of the molecule is CC1CCN(c2ccc(C(C)NC(=O)COc3cccc(C(F)(F)F)c3)cc2)CC1. The third kappa shape index (κ3) is 5.90. The molecule has 30 heavy (non-hydrogen) atoms. The van der Waals surface area contributed by atoms with E-state index < -0.39 is 17.6 Å². The van der Waals surface area contributed by atoms with Gasteiger partial charge in [0.2, 0.25) is 0 Å². The molecule has 1 amide bonds. The number of hydrogen-bond donors (Lipinski definition) is 1. The predicted molar refractivity (Wildman–Crippen MR) is 111 cm³/mol. The molecule has 0 radical (unpaired) electrons. The standard InChI is InChI=1S/C23H27F3N2O2/c1-16-10-12-28(13-11-16)20-8-6-18(7-9-20)17(2)27-22(29)15-30-21-5-3-4-19(14-21)23(24,25)26/h3-9,14,16-17H,10-13,15H2,1-2H3,(H,27,29). The molecule has 3 rings (SSSR count). The molecule has 1 aliphatic heterocycles. The Balaban J connectivity index is 1.51. The van der Waals surface area contributed by atoms with Crippen molar-refractivity contribution in [2.24, 2.45) is 5.92 Å². The number of alkyl halides is 3. The van der Waals surface area contributed by atoms with Crippen molar-refractivity contribution in [3.8, 4) is 5.75 Å². The van der Waals surface area contributed by atoms with E-state index in [0.717, 1.165) is 36.7 Å². The highest BCUT2D eigenvalue weighted by molar-refractivity contribution is 5.78. The van der Waals surface area contributed by atoms with Gasteiger partial charge in [-0.05, 0) is 61.6 Å². The molecule has 0 bridgehead atoms. The summed E-state index contributed by atoms with van der Waals surface area (Å²) in [7, 11) is 0. The molecule has 0 aromatic heterocycles. The zero-order chi connectivity index (χ0) is 21.7. The van der Waals surface area contributed by atoms with Gasteiger partial charge in [0.05, 0.1) is 11.6 Å². The van der Waals surface area contributed by atoms with Crippen LogP contribution in [-0.2, 0) is 11.0 Å². The van der Waals surface area contributed by atoms with Gasteiger partial charge in [-0.1, -0.05) is 25.1 Å². The molecule has 2 aromatic rings. The summed E-state index contributed by atoms with van der Waals surface area (Å²) in [5.41, 5.74) is 1.32. The van der Waals surface area contributed by atoms with E-state index in [9.17, 15) is 18.0 Å². The van der Waals surface area contributed by atoms with Crippen molar-refractivity contribution in [3.63, 3.8) is 0 Å². The Bertz CT molecular complexity index is 844. The molecule has 7 heteroatoms. The zero-order valence-corrected chi connectivity index (χ0v) is 17.2. The Morgan fingerprint density at radius 3 is 2.47 bits per heavy atom. The van der Waals surface area contributed by atoms with Crippen LogP contribution in [0.4, 0.5) is 18.9 Å². The predicted octanol–water partition coefficient (Wildman–Crippen LogP) is 5.20. The lowest BCUT2D eigenvalue weighted by Gasteiger charge is -2.32. The summed E-state index contributed by atoms with van der Waals surface area (Å²) < 4.78 is 43.5. The molecule has 0 saturated carbocycles. The molecule has 162 valence electrons. The molecule has 1 saturated heterocycles. The number of hydrogen-bond acceptors (Lipinski definition) is 3. The van der Waals surface area contributed by atoms with Crippen LogP contribution in [-0.4, -0.2) is 25.6 Å². The molecule has 1 atom stereocenters.